The smallest absolute Gasteiger partial charge is 0.00454 e. The van der Waals surface area contributed by atoms with E-state index >= 15 is 0 Å². The van der Waals surface area contributed by atoms with E-state index in [1.54, 1.807) is 5.54 Å². The van der Waals surface area contributed by atoms with Gasteiger partial charge in [-0.2, -0.15) is 0 Å². The van der Waals surface area contributed by atoms with Gasteiger partial charge < -0.3 is 0 Å². The normalized spacial score (nSPS) is 24.9. The third-order valence-corrected chi connectivity index (χ3v) is 2.98. The van der Waals surface area contributed by atoms with Gasteiger partial charge in [0, 0.05) is 5.54 Å². The van der Waals surface area contributed by atoms with E-state index in [9.17, 15) is 0 Å². The van der Waals surface area contributed by atoms with Crippen LogP contribution in [-0.4, -0.2) is 0 Å². The highest BCUT2D eigenvalue weighted by Gasteiger charge is 2.20. The maximum atomic E-state index is 5.63. The molecule has 1 atom stereocenters. The lowest BCUT2D eigenvalue weighted by Gasteiger charge is -2.06. The Bertz CT molecular complexity index is 269. The molecule has 0 aromatic rings. The van der Waals surface area contributed by atoms with E-state index in [-0.39, 0.29) is 0 Å². The predicted molar refractivity (Wildman–Crippen MR) is 59.8 cm³/mol. The van der Waals surface area contributed by atoms with Gasteiger partial charge >= 0.3 is 0 Å². The quantitative estimate of drug-likeness (QED) is 0.613. The zero-order chi connectivity index (χ0) is 9.84. The molecule has 0 aliphatic heterocycles. The Morgan fingerprint density at radius 3 is 2.77 bits per heavy atom. The summed E-state index contributed by atoms with van der Waals surface area (Å²) in [7, 11) is 0. The first-order chi connectivity index (χ1) is 6.20. The minimum atomic E-state index is 0.667. The molecule has 0 spiro atoms. The van der Waals surface area contributed by atoms with E-state index in [2.05, 4.69) is 26.8 Å². The topological polar surface area (TPSA) is 0 Å². The molecule has 0 N–H and O–H groups in total. The van der Waals surface area contributed by atoms with Gasteiger partial charge in [-0.1, -0.05) is 30.2 Å². The molecule has 72 valence electrons. The molecule has 0 heterocycles. The molecule has 0 saturated carbocycles. The number of hydrogen-bond donors (Lipinski definition) is 0. The average molecular weight is 197 g/mol. The summed E-state index contributed by atoms with van der Waals surface area (Å²) < 4.78 is 0. The van der Waals surface area contributed by atoms with Gasteiger partial charge in [-0.15, -0.1) is 0 Å². The van der Waals surface area contributed by atoms with Crippen LogP contribution in [-0.2, 0) is 0 Å². The van der Waals surface area contributed by atoms with Crippen LogP contribution in [0.1, 0.15) is 33.6 Å². The van der Waals surface area contributed by atoms with E-state index < -0.39 is 0 Å². The van der Waals surface area contributed by atoms with E-state index in [4.69, 9.17) is 11.6 Å². The number of rotatable bonds is 2. The highest BCUT2D eigenvalue weighted by atomic mass is 35.5. The summed E-state index contributed by atoms with van der Waals surface area (Å²) in [6.07, 6.45) is 6.68. The standard InChI is InChI=1S/C12H17Cl/c1-4-9(2)11-6-5-10(3)12(11)7-8-13/h4,7-8,10H,5-6H2,1-3H3/b8-7+,9-4-/t10-/m1/s1. The fourth-order valence-corrected chi connectivity index (χ4v) is 2.03. The van der Waals surface area contributed by atoms with Gasteiger partial charge in [-0.3, -0.25) is 0 Å². The van der Waals surface area contributed by atoms with Crippen molar-refractivity contribution < 1.29 is 0 Å². The summed E-state index contributed by atoms with van der Waals surface area (Å²) in [6.45, 7) is 6.53. The zero-order valence-electron chi connectivity index (χ0n) is 8.60. The van der Waals surface area contributed by atoms with Crippen molar-refractivity contribution in [1.29, 1.82) is 0 Å². The van der Waals surface area contributed by atoms with Crippen LogP contribution in [0.5, 0.6) is 0 Å². The van der Waals surface area contributed by atoms with Crippen LogP contribution in [0.25, 0.3) is 0 Å². The molecular formula is C12H17Cl. The first-order valence-electron chi connectivity index (χ1n) is 4.83. The Hall–Kier alpha value is -0.490. The third kappa shape index (κ3) is 2.25. The lowest BCUT2D eigenvalue weighted by Crippen LogP contribution is -1.90. The Labute approximate surface area is 86.0 Å². The molecule has 0 unspecified atom stereocenters. The van der Waals surface area contributed by atoms with Gasteiger partial charge in [0.1, 0.15) is 0 Å². The fourth-order valence-electron chi connectivity index (χ4n) is 1.89. The van der Waals surface area contributed by atoms with Crippen molar-refractivity contribution in [2.75, 3.05) is 0 Å². The van der Waals surface area contributed by atoms with Gasteiger partial charge in [-0.25, -0.2) is 0 Å². The molecule has 1 rings (SSSR count). The first-order valence-corrected chi connectivity index (χ1v) is 5.27. The molecule has 1 aliphatic carbocycles. The molecule has 0 fully saturated rings. The molecular weight excluding hydrogens is 180 g/mol. The van der Waals surface area contributed by atoms with Gasteiger partial charge in [0.25, 0.3) is 0 Å². The van der Waals surface area contributed by atoms with E-state index in [0.29, 0.717) is 5.92 Å². The van der Waals surface area contributed by atoms with Crippen molar-refractivity contribution >= 4 is 11.6 Å². The van der Waals surface area contributed by atoms with Gasteiger partial charge in [0.2, 0.25) is 0 Å². The van der Waals surface area contributed by atoms with Crippen molar-refractivity contribution in [1.82, 2.24) is 0 Å². The lowest BCUT2D eigenvalue weighted by atomic mass is 10.0. The fraction of sp³-hybridized carbons (Fsp3) is 0.500. The lowest BCUT2D eigenvalue weighted by molar-refractivity contribution is 0.680. The van der Waals surface area contributed by atoms with Crippen LogP contribution in [0.3, 0.4) is 0 Å². The summed E-state index contributed by atoms with van der Waals surface area (Å²) in [5.41, 5.74) is 5.94. The van der Waals surface area contributed by atoms with Crippen LogP contribution in [0.2, 0.25) is 0 Å². The Morgan fingerprint density at radius 1 is 1.54 bits per heavy atom. The van der Waals surface area contributed by atoms with Crippen LogP contribution in [0, 0.1) is 5.92 Å². The van der Waals surface area contributed by atoms with Crippen LogP contribution >= 0.6 is 11.6 Å². The summed E-state index contributed by atoms with van der Waals surface area (Å²) in [5, 5.41) is 0. The van der Waals surface area contributed by atoms with Crippen LogP contribution < -0.4 is 0 Å². The summed E-state index contributed by atoms with van der Waals surface area (Å²) in [5.74, 6) is 0.667. The van der Waals surface area contributed by atoms with E-state index in [1.807, 2.05) is 6.08 Å². The van der Waals surface area contributed by atoms with Crippen LogP contribution in [0.4, 0.5) is 0 Å². The second-order valence-corrected chi connectivity index (χ2v) is 3.89. The zero-order valence-corrected chi connectivity index (χ0v) is 9.36. The molecule has 0 amide bonds. The van der Waals surface area contributed by atoms with Crippen molar-refractivity contribution in [3.8, 4) is 0 Å². The largest absolute Gasteiger partial charge is 0.0929 e. The molecule has 1 aliphatic rings. The maximum Gasteiger partial charge on any atom is 0.00454 e. The molecule has 0 radical (unpaired) electrons. The van der Waals surface area contributed by atoms with Gasteiger partial charge in [0.15, 0.2) is 0 Å². The van der Waals surface area contributed by atoms with Crippen molar-refractivity contribution in [3.63, 3.8) is 0 Å². The van der Waals surface area contributed by atoms with Gasteiger partial charge in [-0.05, 0) is 49.8 Å². The minimum Gasteiger partial charge on any atom is -0.0929 e. The second-order valence-electron chi connectivity index (χ2n) is 3.64. The van der Waals surface area contributed by atoms with E-state index in [0.717, 1.165) is 0 Å². The number of halogens is 1. The Balaban J connectivity index is 3.02. The molecule has 0 bridgehead atoms. The second kappa shape index (κ2) is 4.66. The molecule has 13 heavy (non-hydrogen) atoms. The molecule has 0 saturated heterocycles. The van der Waals surface area contributed by atoms with Crippen molar-refractivity contribution in [2.24, 2.45) is 5.92 Å². The first kappa shape index (κ1) is 10.6. The molecule has 0 aromatic carbocycles. The highest BCUT2D eigenvalue weighted by Crippen LogP contribution is 2.36. The average Bonchev–Trinajstić information content (AvgIpc) is 2.48. The predicted octanol–water partition coefficient (Wildman–Crippen LogP) is 4.43. The monoisotopic (exact) mass is 196 g/mol. The number of allylic oxidation sites excluding steroid dienone is 5. The molecule has 1 heteroatoms. The van der Waals surface area contributed by atoms with Crippen molar-refractivity contribution in [2.45, 2.75) is 33.6 Å². The number of hydrogen-bond acceptors (Lipinski definition) is 0. The van der Waals surface area contributed by atoms with E-state index in [1.165, 1.54) is 29.6 Å². The third-order valence-electron chi connectivity index (χ3n) is 2.86. The summed E-state index contributed by atoms with van der Waals surface area (Å²) in [6, 6.07) is 0. The van der Waals surface area contributed by atoms with Gasteiger partial charge in [0.05, 0.1) is 0 Å². The van der Waals surface area contributed by atoms with Crippen molar-refractivity contribution in [3.05, 3.63) is 34.4 Å². The van der Waals surface area contributed by atoms with Crippen LogP contribution in [0.15, 0.2) is 34.4 Å². The Morgan fingerprint density at radius 2 is 2.23 bits per heavy atom. The Kier molecular flexibility index (Phi) is 3.80. The summed E-state index contributed by atoms with van der Waals surface area (Å²) in [4.78, 5) is 0. The maximum absolute atomic E-state index is 5.63. The molecule has 0 nitrogen and oxygen atoms in total. The summed E-state index contributed by atoms with van der Waals surface area (Å²) >= 11 is 5.63. The highest BCUT2D eigenvalue weighted by molar-refractivity contribution is 6.25. The SMILES string of the molecule is C/C=C(/C)C1=C(/C=C/Cl)[C@H](C)CC1. The minimum absolute atomic E-state index is 0.667. The molecule has 0 aromatic heterocycles.